The van der Waals surface area contributed by atoms with Gasteiger partial charge in [-0.15, -0.1) is 0 Å². The van der Waals surface area contributed by atoms with E-state index >= 15 is 0 Å². The van der Waals surface area contributed by atoms with E-state index in [0.717, 1.165) is 24.3 Å². The van der Waals surface area contributed by atoms with Crippen LogP contribution >= 0.6 is 0 Å². The Kier molecular flexibility index (Phi) is 6.83. The van der Waals surface area contributed by atoms with Gasteiger partial charge in [-0.25, -0.2) is 0 Å². The zero-order valence-corrected chi connectivity index (χ0v) is 13.1. The minimum atomic E-state index is 0.389. The molecule has 21 heavy (non-hydrogen) atoms. The van der Waals surface area contributed by atoms with Gasteiger partial charge in [0.2, 0.25) is 0 Å². The van der Waals surface area contributed by atoms with E-state index in [1.165, 1.54) is 12.8 Å². The number of benzene rings is 1. The Labute approximate surface area is 127 Å². The fourth-order valence-electron chi connectivity index (χ4n) is 2.73. The van der Waals surface area contributed by atoms with Crippen LogP contribution in [0.3, 0.4) is 0 Å². The molecule has 4 nitrogen and oxygen atoms in total. The zero-order valence-electron chi connectivity index (χ0n) is 13.1. The van der Waals surface area contributed by atoms with Crippen LogP contribution in [-0.4, -0.2) is 39.0 Å². The van der Waals surface area contributed by atoms with Gasteiger partial charge in [-0.05, 0) is 51.8 Å². The summed E-state index contributed by atoms with van der Waals surface area (Å²) in [6, 6.07) is 8.44. The van der Waals surface area contributed by atoms with Crippen LogP contribution in [0.4, 0.5) is 0 Å². The van der Waals surface area contributed by atoms with Crippen LogP contribution in [0.15, 0.2) is 24.3 Å². The molecule has 0 aromatic heterocycles. The molecule has 0 atom stereocenters. The molecule has 0 unspecified atom stereocenters. The van der Waals surface area contributed by atoms with Gasteiger partial charge >= 0.3 is 0 Å². The van der Waals surface area contributed by atoms with Gasteiger partial charge in [0.15, 0.2) is 11.5 Å². The molecule has 0 saturated heterocycles. The van der Waals surface area contributed by atoms with Gasteiger partial charge < -0.3 is 19.5 Å². The third-order valence-corrected chi connectivity index (χ3v) is 3.93. The first-order valence-corrected chi connectivity index (χ1v) is 7.97. The first-order chi connectivity index (χ1) is 10.3. The number of nitrogens with one attached hydrogen (secondary N) is 1. The summed E-state index contributed by atoms with van der Waals surface area (Å²) in [5, 5.41) is 3.34. The first-order valence-electron chi connectivity index (χ1n) is 7.97. The molecule has 1 aromatic rings. The van der Waals surface area contributed by atoms with Crippen molar-refractivity contribution in [3.63, 3.8) is 0 Å². The molecule has 0 aliphatic heterocycles. The minimum Gasteiger partial charge on any atom is -0.490 e. The predicted octanol–water partition coefficient (Wildman–Crippen LogP) is 3.01. The lowest BCUT2D eigenvalue weighted by atomic mass is 9.93. The molecule has 1 aliphatic rings. The molecule has 1 fully saturated rings. The van der Waals surface area contributed by atoms with Crippen molar-refractivity contribution in [2.75, 3.05) is 26.9 Å². The van der Waals surface area contributed by atoms with Gasteiger partial charge in [-0.2, -0.15) is 0 Å². The van der Waals surface area contributed by atoms with Crippen molar-refractivity contribution in [3.8, 4) is 11.5 Å². The Morgan fingerprint density at radius 2 is 1.67 bits per heavy atom. The standard InChI is InChI=1S/C17H27NO3/c1-3-19-16-6-4-5-7-17(16)21-13-12-20-15-10-8-14(18-2)9-11-15/h4-7,14-15,18H,3,8-13H2,1-2H3. The number of para-hydroxylation sites is 2. The Morgan fingerprint density at radius 1 is 1.00 bits per heavy atom. The molecule has 0 amide bonds. The van der Waals surface area contributed by atoms with Gasteiger partial charge in [0.25, 0.3) is 0 Å². The Balaban J connectivity index is 1.66. The summed E-state index contributed by atoms with van der Waals surface area (Å²) in [4.78, 5) is 0. The van der Waals surface area contributed by atoms with Crippen LogP contribution in [0.5, 0.6) is 11.5 Å². The molecule has 0 heterocycles. The summed E-state index contributed by atoms with van der Waals surface area (Å²) in [6.45, 7) is 3.82. The highest BCUT2D eigenvalue weighted by Gasteiger charge is 2.20. The van der Waals surface area contributed by atoms with Crippen molar-refractivity contribution in [2.45, 2.75) is 44.8 Å². The largest absolute Gasteiger partial charge is 0.490 e. The van der Waals surface area contributed by atoms with Gasteiger partial charge in [0.05, 0.1) is 19.3 Å². The number of ether oxygens (including phenoxy) is 3. The first kappa shape index (κ1) is 16.1. The van der Waals surface area contributed by atoms with E-state index in [4.69, 9.17) is 14.2 Å². The summed E-state index contributed by atoms with van der Waals surface area (Å²) in [5.74, 6) is 1.59. The van der Waals surface area contributed by atoms with Crippen molar-refractivity contribution >= 4 is 0 Å². The van der Waals surface area contributed by atoms with Crippen LogP contribution < -0.4 is 14.8 Å². The Morgan fingerprint density at radius 3 is 2.29 bits per heavy atom. The lowest BCUT2D eigenvalue weighted by Crippen LogP contribution is -2.33. The quantitative estimate of drug-likeness (QED) is 0.748. The molecule has 2 rings (SSSR count). The van der Waals surface area contributed by atoms with Crippen LogP contribution in [-0.2, 0) is 4.74 Å². The molecule has 1 N–H and O–H groups in total. The highest BCUT2D eigenvalue weighted by molar-refractivity contribution is 5.39. The molecule has 0 radical (unpaired) electrons. The summed E-state index contributed by atoms with van der Waals surface area (Å²) < 4.78 is 17.2. The van der Waals surface area contributed by atoms with Crippen molar-refractivity contribution in [1.82, 2.24) is 5.32 Å². The fourth-order valence-corrected chi connectivity index (χ4v) is 2.73. The molecule has 1 aliphatic carbocycles. The Hall–Kier alpha value is -1.26. The second-order valence-electron chi connectivity index (χ2n) is 5.36. The van der Waals surface area contributed by atoms with Crippen LogP contribution in [0.25, 0.3) is 0 Å². The molecule has 1 saturated carbocycles. The van der Waals surface area contributed by atoms with Crippen LogP contribution in [0.2, 0.25) is 0 Å². The maximum absolute atomic E-state index is 5.90. The maximum atomic E-state index is 5.90. The van der Waals surface area contributed by atoms with Crippen molar-refractivity contribution in [3.05, 3.63) is 24.3 Å². The lowest BCUT2D eigenvalue weighted by Gasteiger charge is -2.28. The molecular weight excluding hydrogens is 266 g/mol. The van der Waals surface area contributed by atoms with E-state index < -0.39 is 0 Å². The van der Waals surface area contributed by atoms with Crippen molar-refractivity contribution in [2.24, 2.45) is 0 Å². The number of hydrogen-bond donors (Lipinski definition) is 1. The van der Waals surface area contributed by atoms with E-state index in [2.05, 4.69) is 5.32 Å². The summed E-state index contributed by atoms with van der Waals surface area (Å²) in [5.41, 5.74) is 0. The Bertz CT molecular complexity index is 403. The molecule has 1 aromatic carbocycles. The van der Waals surface area contributed by atoms with E-state index in [9.17, 15) is 0 Å². The highest BCUT2D eigenvalue weighted by atomic mass is 16.5. The minimum absolute atomic E-state index is 0.389. The second-order valence-corrected chi connectivity index (χ2v) is 5.36. The molecular formula is C17H27NO3. The third kappa shape index (κ3) is 5.21. The van der Waals surface area contributed by atoms with E-state index in [1.807, 2.05) is 38.2 Å². The van der Waals surface area contributed by atoms with Crippen LogP contribution in [0.1, 0.15) is 32.6 Å². The topological polar surface area (TPSA) is 39.7 Å². The average molecular weight is 293 g/mol. The fraction of sp³-hybridized carbons (Fsp3) is 0.647. The third-order valence-electron chi connectivity index (χ3n) is 3.93. The second kappa shape index (κ2) is 8.90. The molecule has 4 heteroatoms. The summed E-state index contributed by atoms with van der Waals surface area (Å²) >= 11 is 0. The maximum Gasteiger partial charge on any atom is 0.161 e. The van der Waals surface area contributed by atoms with Crippen molar-refractivity contribution < 1.29 is 14.2 Å². The predicted molar refractivity (Wildman–Crippen MR) is 84.2 cm³/mol. The zero-order chi connectivity index (χ0) is 14.9. The van der Waals surface area contributed by atoms with Gasteiger partial charge in [-0.3, -0.25) is 0 Å². The van der Waals surface area contributed by atoms with E-state index in [-0.39, 0.29) is 0 Å². The van der Waals surface area contributed by atoms with Gasteiger partial charge in [0, 0.05) is 6.04 Å². The smallest absolute Gasteiger partial charge is 0.161 e. The highest BCUT2D eigenvalue weighted by Crippen LogP contribution is 2.26. The van der Waals surface area contributed by atoms with E-state index in [1.54, 1.807) is 0 Å². The van der Waals surface area contributed by atoms with Gasteiger partial charge in [0.1, 0.15) is 6.61 Å². The molecule has 118 valence electrons. The van der Waals surface area contributed by atoms with Crippen LogP contribution in [0, 0.1) is 0 Å². The summed E-state index contributed by atoms with van der Waals surface area (Å²) in [6.07, 6.45) is 5.08. The number of hydrogen-bond acceptors (Lipinski definition) is 4. The van der Waals surface area contributed by atoms with Crippen molar-refractivity contribution in [1.29, 1.82) is 0 Å². The summed E-state index contributed by atoms with van der Waals surface area (Å²) in [7, 11) is 2.04. The monoisotopic (exact) mass is 293 g/mol. The van der Waals surface area contributed by atoms with Gasteiger partial charge in [-0.1, -0.05) is 12.1 Å². The molecule has 0 bridgehead atoms. The number of rotatable bonds is 8. The van der Waals surface area contributed by atoms with E-state index in [0.29, 0.717) is 32.0 Å². The lowest BCUT2D eigenvalue weighted by molar-refractivity contribution is 0.00812. The normalized spacial score (nSPS) is 22.0. The SMILES string of the molecule is CCOc1ccccc1OCCOC1CCC(NC)CC1. The average Bonchev–Trinajstić information content (AvgIpc) is 2.54. The molecule has 0 spiro atoms.